The molecule has 0 spiro atoms. The van der Waals surface area contributed by atoms with Crippen LogP contribution >= 0.6 is 11.3 Å². The molecular weight excluding hydrogens is 468 g/mol. The molecule has 36 heavy (non-hydrogen) atoms. The number of benzene rings is 2. The number of thiophene rings is 1. The Hall–Kier alpha value is -4.28. The van der Waals surface area contributed by atoms with Crippen molar-refractivity contribution in [3.63, 3.8) is 0 Å². The van der Waals surface area contributed by atoms with Gasteiger partial charge in [0.05, 0.1) is 11.5 Å². The van der Waals surface area contributed by atoms with E-state index >= 15 is 0 Å². The minimum Gasteiger partial charge on any atom is -0.388 e. The van der Waals surface area contributed by atoms with Crippen LogP contribution in [0.3, 0.4) is 0 Å². The van der Waals surface area contributed by atoms with Gasteiger partial charge in [-0.1, -0.05) is 24.3 Å². The lowest BCUT2D eigenvalue weighted by Crippen LogP contribution is -2.16. The van der Waals surface area contributed by atoms with E-state index in [0.29, 0.717) is 16.8 Å². The van der Waals surface area contributed by atoms with Crippen molar-refractivity contribution in [1.29, 1.82) is 5.26 Å². The molecule has 4 rings (SSSR count). The fourth-order valence-corrected chi connectivity index (χ4v) is 4.09. The summed E-state index contributed by atoms with van der Waals surface area (Å²) in [4.78, 5) is 28.0. The second-order valence-electron chi connectivity index (χ2n) is 8.65. The highest BCUT2D eigenvalue weighted by Crippen LogP contribution is 2.26. The van der Waals surface area contributed by atoms with Crippen LogP contribution in [0.5, 0.6) is 0 Å². The van der Waals surface area contributed by atoms with E-state index in [1.165, 1.54) is 0 Å². The molecule has 2 N–H and O–H groups in total. The van der Waals surface area contributed by atoms with Crippen molar-refractivity contribution in [3.05, 3.63) is 101 Å². The summed E-state index contributed by atoms with van der Waals surface area (Å²) >= 11 is 1.64. The molecule has 0 bridgehead atoms. The van der Waals surface area contributed by atoms with Crippen LogP contribution in [0.2, 0.25) is 0 Å². The number of nitrogens with one attached hydrogen (secondary N) is 2. The molecule has 0 saturated carbocycles. The Labute approximate surface area is 215 Å². The van der Waals surface area contributed by atoms with Gasteiger partial charge in [-0.05, 0) is 73.7 Å². The number of hydrogen-bond donors (Lipinski definition) is 2. The first-order valence-electron chi connectivity index (χ1n) is 11.3. The van der Waals surface area contributed by atoms with Gasteiger partial charge in [0.25, 0.3) is 5.91 Å². The molecule has 0 aliphatic rings. The van der Waals surface area contributed by atoms with E-state index in [2.05, 4.69) is 21.7 Å². The standard InChI is InChI=1S/C19H21N3O.C10H7NOS/c1-13-8-9-14(10-17(13)21-4)18(23)22-16-7-5-6-15(11-16)19(2,3)12-20;12-7-8-4-9(6-11-5-8)10-2-1-3-13-10/h5-11,21H,1-4H3,(H,22,23);1-7H. The third kappa shape index (κ3) is 6.65. The Morgan fingerprint density at radius 2 is 1.89 bits per heavy atom. The van der Waals surface area contributed by atoms with E-state index < -0.39 is 5.41 Å². The van der Waals surface area contributed by atoms with E-state index in [1.807, 2.05) is 87.8 Å². The lowest BCUT2D eigenvalue weighted by atomic mass is 9.86. The number of nitriles is 1. The summed E-state index contributed by atoms with van der Waals surface area (Å²) in [5.74, 6) is -0.173. The van der Waals surface area contributed by atoms with Crippen molar-refractivity contribution in [2.45, 2.75) is 26.2 Å². The molecule has 0 aliphatic carbocycles. The highest BCUT2D eigenvalue weighted by molar-refractivity contribution is 7.13. The number of aromatic nitrogens is 1. The van der Waals surface area contributed by atoms with Gasteiger partial charge in [0.1, 0.15) is 0 Å². The smallest absolute Gasteiger partial charge is 0.255 e. The van der Waals surface area contributed by atoms with Gasteiger partial charge >= 0.3 is 0 Å². The van der Waals surface area contributed by atoms with Gasteiger partial charge in [0, 0.05) is 52.4 Å². The Kier molecular flexibility index (Phi) is 8.71. The van der Waals surface area contributed by atoms with Crippen LogP contribution in [0, 0.1) is 18.3 Å². The summed E-state index contributed by atoms with van der Waals surface area (Å²) in [5.41, 5.74) is 5.18. The number of anilines is 2. The van der Waals surface area contributed by atoms with Crippen molar-refractivity contribution in [3.8, 4) is 16.5 Å². The summed E-state index contributed by atoms with van der Waals surface area (Å²) in [7, 11) is 1.83. The Morgan fingerprint density at radius 1 is 1.08 bits per heavy atom. The van der Waals surface area contributed by atoms with Gasteiger partial charge in [-0.15, -0.1) is 11.3 Å². The molecule has 0 saturated heterocycles. The zero-order chi connectivity index (χ0) is 26.1. The van der Waals surface area contributed by atoms with Crippen LogP contribution in [0.1, 0.15) is 45.7 Å². The van der Waals surface area contributed by atoms with Gasteiger partial charge in [-0.25, -0.2) is 0 Å². The lowest BCUT2D eigenvalue weighted by Gasteiger charge is -2.17. The maximum Gasteiger partial charge on any atom is 0.255 e. The molecule has 4 aromatic rings. The molecule has 7 heteroatoms. The number of aryl methyl sites for hydroxylation is 1. The molecular formula is C29H28N4O2S. The van der Waals surface area contributed by atoms with Crippen molar-refractivity contribution in [2.24, 2.45) is 0 Å². The number of aldehydes is 1. The molecule has 182 valence electrons. The van der Waals surface area contributed by atoms with E-state index in [9.17, 15) is 14.9 Å². The monoisotopic (exact) mass is 496 g/mol. The van der Waals surface area contributed by atoms with Crippen LogP contribution < -0.4 is 10.6 Å². The largest absolute Gasteiger partial charge is 0.388 e. The predicted octanol–water partition coefficient (Wildman–Crippen LogP) is 6.71. The first-order valence-corrected chi connectivity index (χ1v) is 12.2. The van der Waals surface area contributed by atoms with Crippen molar-refractivity contribution in [2.75, 3.05) is 17.7 Å². The molecule has 0 aliphatic heterocycles. The van der Waals surface area contributed by atoms with Crippen LogP contribution in [0.25, 0.3) is 10.4 Å². The summed E-state index contributed by atoms with van der Waals surface area (Å²) in [6.07, 6.45) is 4.13. The molecule has 0 fully saturated rings. The normalized spacial score (nSPS) is 10.4. The highest BCUT2D eigenvalue weighted by atomic mass is 32.1. The summed E-state index contributed by atoms with van der Waals surface area (Å²) < 4.78 is 0. The molecule has 1 amide bonds. The topological polar surface area (TPSA) is 94.9 Å². The van der Waals surface area contributed by atoms with Gasteiger partial charge in [0.15, 0.2) is 6.29 Å². The minimum absolute atomic E-state index is 0.173. The van der Waals surface area contributed by atoms with Gasteiger partial charge in [-0.3, -0.25) is 14.6 Å². The molecule has 0 radical (unpaired) electrons. The second-order valence-corrected chi connectivity index (χ2v) is 9.60. The molecule has 2 heterocycles. The first kappa shape index (κ1) is 26.3. The predicted molar refractivity (Wildman–Crippen MR) is 147 cm³/mol. The maximum absolute atomic E-state index is 12.4. The van der Waals surface area contributed by atoms with Crippen LogP contribution in [-0.4, -0.2) is 24.2 Å². The number of amides is 1. The number of rotatable bonds is 6. The summed E-state index contributed by atoms with van der Waals surface area (Å²) in [6.45, 7) is 5.70. The van der Waals surface area contributed by atoms with E-state index in [0.717, 1.165) is 33.5 Å². The third-order valence-corrected chi connectivity index (χ3v) is 6.51. The number of nitrogens with zero attached hydrogens (tertiary/aromatic N) is 2. The van der Waals surface area contributed by atoms with Crippen molar-refractivity contribution < 1.29 is 9.59 Å². The summed E-state index contributed by atoms with van der Waals surface area (Å²) in [6, 6.07) is 21.0. The van der Waals surface area contributed by atoms with Crippen molar-refractivity contribution >= 4 is 34.9 Å². The van der Waals surface area contributed by atoms with E-state index in [4.69, 9.17) is 0 Å². The molecule has 2 aromatic heterocycles. The molecule has 0 atom stereocenters. The van der Waals surface area contributed by atoms with Gasteiger partial charge in [-0.2, -0.15) is 5.26 Å². The number of pyridine rings is 1. The Morgan fingerprint density at radius 3 is 2.56 bits per heavy atom. The Bertz CT molecular complexity index is 1390. The van der Waals surface area contributed by atoms with E-state index in [-0.39, 0.29) is 5.91 Å². The van der Waals surface area contributed by atoms with Crippen molar-refractivity contribution in [1.82, 2.24) is 4.98 Å². The SMILES string of the molecule is CNc1cc(C(=O)Nc2cccc(C(C)(C)C#N)c2)ccc1C.O=Cc1cncc(-c2cccs2)c1. The van der Waals surface area contributed by atoms with Crippen LogP contribution in [0.4, 0.5) is 11.4 Å². The lowest BCUT2D eigenvalue weighted by molar-refractivity contribution is 0.102. The van der Waals surface area contributed by atoms with E-state index in [1.54, 1.807) is 29.8 Å². The number of carbonyl (C=O) groups excluding carboxylic acids is 2. The second kappa shape index (κ2) is 11.9. The summed E-state index contributed by atoms with van der Waals surface area (Å²) in [5, 5.41) is 17.2. The fraction of sp³-hybridized carbons (Fsp3) is 0.172. The van der Waals surface area contributed by atoms with Crippen LogP contribution in [0.15, 0.2) is 78.4 Å². The number of carbonyl (C=O) groups is 2. The fourth-order valence-electron chi connectivity index (χ4n) is 3.39. The molecule has 2 aromatic carbocycles. The number of hydrogen-bond acceptors (Lipinski definition) is 6. The average Bonchev–Trinajstić information content (AvgIpc) is 3.45. The van der Waals surface area contributed by atoms with Gasteiger partial charge in [0.2, 0.25) is 0 Å². The molecule has 0 unspecified atom stereocenters. The Balaban J connectivity index is 0.000000233. The first-order chi connectivity index (χ1) is 17.3. The zero-order valence-electron chi connectivity index (χ0n) is 20.7. The molecule has 6 nitrogen and oxygen atoms in total. The quantitative estimate of drug-likeness (QED) is 0.289. The van der Waals surface area contributed by atoms with Crippen LogP contribution in [-0.2, 0) is 5.41 Å². The van der Waals surface area contributed by atoms with Gasteiger partial charge < -0.3 is 10.6 Å². The zero-order valence-corrected chi connectivity index (χ0v) is 21.5. The maximum atomic E-state index is 12.4. The average molecular weight is 497 g/mol. The highest BCUT2D eigenvalue weighted by Gasteiger charge is 2.20. The third-order valence-electron chi connectivity index (χ3n) is 5.59. The minimum atomic E-state index is -0.593.